The maximum absolute atomic E-state index is 5.53. The van der Waals surface area contributed by atoms with Crippen LogP contribution in [-0.4, -0.2) is 26.8 Å². The minimum absolute atomic E-state index is 0.442. The number of hydrogen-bond acceptors (Lipinski definition) is 5. The SMILES string of the molecule is CNc1c(COc2cncnc2)cnn1C. The van der Waals surface area contributed by atoms with Crippen molar-refractivity contribution in [1.82, 2.24) is 19.7 Å². The first-order valence-corrected chi connectivity index (χ1v) is 4.87. The van der Waals surface area contributed by atoms with Crippen molar-refractivity contribution in [1.29, 1.82) is 0 Å². The lowest BCUT2D eigenvalue weighted by Gasteiger charge is -2.06. The van der Waals surface area contributed by atoms with E-state index in [2.05, 4.69) is 20.4 Å². The molecule has 0 radical (unpaired) electrons. The third-order valence-electron chi connectivity index (χ3n) is 2.18. The Morgan fingerprint density at radius 1 is 1.31 bits per heavy atom. The van der Waals surface area contributed by atoms with Crippen LogP contribution in [0.1, 0.15) is 5.56 Å². The van der Waals surface area contributed by atoms with Gasteiger partial charge >= 0.3 is 0 Å². The molecule has 0 spiro atoms. The topological polar surface area (TPSA) is 64.9 Å². The Hall–Kier alpha value is -2.11. The number of nitrogens with zero attached hydrogens (tertiary/aromatic N) is 4. The number of ether oxygens (including phenoxy) is 1. The normalized spacial score (nSPS) is 10.1. The zero-order valence-corrected chi connectivity index (χ0v) is 9.21. The predicted octanol–water partition coefficient (Wildman–Crippen LogP) is 0.831. The van der Waals surface area contributed by atoms with Crippen LogP contribution in [0.25, 0.3) is 0 Å². The molecule has 0 saturated carbocycles. The molecular weight excluding hydrogens is 206 g/mol. The summed E-state index contributed by atoms with van der Waals surface area (Å²) in [5, 5.41) is 7.21. The van der Waals surface area contributed by atoms with Crippen LogP contribution in [0, 0.1) is 0 Å². The van der Waals surface area contributed by atoms with Crippen LogP contribution in [0.15, 0.2) is 24.9 Å². The average Bonchev–Trinajstić information content (AvgIpc) is 2.68. The van der Waals surface area contributed by atoms with E-state index in [1.165, 1.54) is 6.33 Å². The second-order valence-corrected chi connectivity index (χ2v) is 3.25. The van der Waals surface area contributed by atoms with E-state index in [0.29, 0.717) is 12.4 Å². The fraction of sp³-hybridized carbons (Fsp3) is 0.300. The molecule has 0 saturated heterocycles. The van der Waals surface area contributed by atoms with Crippen LogP contribution in [0.3, 0.4) is 0 Å². The summed E-state index contributed by atoms with van der Waals surface area (Å²) in [7, 11) is 3.73. The molecule has 0 amide bonds. The van der Waals surface area contributed by atoms with Gasteiger partial charge in [-0.3, -0.25) is 4.68 Å². The largest absolute Gasteiger partial charge is 0.485 e. The first-order valence-electron chi connectivity index (χ1n) is 4.87. The first kappa shape index (κ1) is 10.4. The lowest BCUT2D eigenvalue weighted by Crippen LogP contribution is -2.03. The molecule has 2 heterocycles. The highest BCUT2D eigenvalue weighted by atomic mass is 16.5. The summed E-state index contributed by atoms with van der Waals surface area (Å²) in [4.78, 5) is 7.74. The maximum atomic E-state index is 5.53. The van der Waals surface area contributed by atoms with Gasteiger partial charge in [0.1, 0.15) is 18.8 Å². The van der Waals surface area contributed by atoms with Gasteiger partial charge in [-0.25, -0.2) is 9.97 Å². The minimum atomic E-state index is 0.442. The van der Waals surface area contributed by atoms with E-state index in [9.17, 15) is 0 Å². The molecule has 0 fully saturated rings. The Morgan fingerprint density at radius 2 is 2.06 bits per heavy atom. The van der Waals surface area contributed by atoms with Gasteiger partial charge in [-0.2, -0.15) is 5.10 Å². The molecule has 6 heteroatoms. The van der Waals surface area contributed by atoms with Crippen molar-refractivity contribution in [2.75, 3.05) is 12.4 Å². The first-order chi connectivity index (χ1) is 7.81. The molecule has 0 aliphatic carbocycles. The van der Waals surface area contributed by atoms with Crippen molar-refractivity contribution in [2.24, 2.45) is 7.05 Å². The van der Waals surface area contributed by atoms with Crippen LogP contribution in [-0.2, 0) is 13.7 Å². The van der Waals surface area contributed by atoms with E-state index in [0.717, 1.165) is 11.4 Å². The Morgan fingerprint density at radius 3 is 2.75 bits per heavy atom. The van der Waals surface area contributed by atoms with Crippen molar-refractivity contribution in [3.63, 3.8) is 0 Å². The standard InChI is InChI=1S/C10H13N5O/c1-11-10-8(3-14-15(10)2)6-16-9-4-12-7-13-5-9/h3-5,7,11H,6H2,1-2H3. The molecule has 2 aromatic rings. The van der Waals surface area contributed by atoms with Crippen molar-refractivity contribution in [2.45, 2.75) is 6.61 Å². The monoisotopic (exact) mass is 219 g/mol. The number of anilines is 1. The van der Waals surface area contributed by atoms with Crippen LogP contribution >= 0.6 is 0 Å². The van der Waals surface area contributed by atoms with E-state index in [1.54, 1.807) is 23.3 Å². The van der Waals surface area contributed by atoms with Gasteiger partial charge in [0.25, 0.3) is 0 Å². The van der Waals surface area contributed by atoms with Crippen LogP contribution in [0.2, 0.25) is 0 Å². The highest BCUT2D eigenvalue weighted by Gasteiger charge is 2.07. The number of aromatic nitrogens is 4. The van der Waals surface area contributed by atoms with Gasteiger partial charge in [-0.1, -0.05) is 0 Å². The van der Waals surface area contributed by atoms with E-state index < -0.39 is 0 Å². The van der Waals surface area contributed by atoms with Crippen molar-refractivity contribution in [3.05, 3.63) is 30.5 Å². The Bertz CT molecular complexity index is 453. The molecule has 2 aromatic heterocycles. The molecule has 16 heavy (non-hydrogen) atoms. The summed E-state index contributed by atoms with van der Waals surface area (Å²) in [6.45, 7) is 0.442. The molecule has 0 aromatic carbocycles. The van der Waals surface area contributed by atoms with Crippen LogP contribution in [0.5, 0.6) is 5.75 Å². The lowest BCUT2D eigenvalue weighted by atomic mass is 10.3. The van der Waals surface area contributed by atoms with E-state index in [1.807, 2.05) is 14.1 Å². The molecule has 6 nitrogen and oxygen atoms in total. The summed E-state index contributed by atoms with van der Waals surface area (Å²) in [6, 6.07) is 0. The summed E-state index contributed by atoms with van der Waals surface area (Å²) in [5.41, 5.74) is 0.994. The molecule has 0 bridgehead atoms. The second-order valence-electron chi connectivity index (χ2n) is 3.25. The van der Waals surface area contributed by atoms with Crippen LogP contribution in [0.4, 0.5) is 5.82 Å². The highest BCUT2D eigenvalue weighted by Crippen LogP contribution is 2.15. The molecule has 2 rings (SSSR count). The number of hydrogen-bond donors (Lipinski definition) is 1. The molecule has 1 N–H and O–H groups in total. The van der Waals surface area contributed by atoms with E-state index in [-0.39, 0.29) is 0 Å². The number of aryl methyl sites for hydroxylation is 1. The Kier molecular flexibility index (Phi) is 3.00. The van der Waals surface area contributed by atoms with Gasteiger partial charge in [-0.15, -0.1) is 0 Å². The third-order valence-corrected chi connectivity index (χ3v) is 2.18. The zero-order valence-electron chi connectivity index (χ0n) is 9.21. The number of rotatable bonds is 4. The van der Waals surface area contributed by atoms with Crippen molar-refractivity contribution >= 4 is 5.82 Å². The van der Waals surface area contributed by atoms with Gasteiger partial charge in [0.05, 0.1) is 24.2 Å². The molecule has 84 valence electrons. The number of nitrogens with one attached hydrogen (secondary N) is 1. The van der Waals surface area contributed by atoms with E-state index >= 15 is 0 Å². The Labute approximate surface area is 93.3 Å². The van der Waals surface area contributed by atoms with E-state index in [4.69, 9.17) is 4.74 Å². The van der Waals surface area contributed by atoms with Gasteiger partial charge in [0.15, 0.2) is 5.75 Å². The second kappa shape index (κ2) is 4.61. The summed E-state index contributed by atoms with van der Waals surface area (Å²) in [5.74, 6) is 1.59. The van der Waals surface area contributed by atoms with Gasteiger partial charge in [-0.05, 0) is 0 Å². The smallest absolute Gasteiger partial charge is 0.156 e. The lowest BCUT2D eigenvalue weighted by molar-refractivity contribution is 0.304. The molecule has 0 atom stereocenters. The summed E-state index contributed by atoms with van der Waals surface area (Å²) in [6.07, 6.45) is 6.50. The molecule has 0 unspecified atom stereocenters. The van der Waals surface area contributed by atoms with Crippen LogP contribution < -0.4 is 10.1 Å². The molecule has 0 aliphatic heterocycles. The van der Waals surface area contributed by atoms with Crippen molar-refractivity contribution in [3.8, 4) is 5.75 Å². The average molecular weight is 219 g/mol. The third kappa shape index (κ3) is 2.10. The fourth-order valence-electron chi connectivity index (χ4n) is 1.43. The highest BCUT2D eigenvalue weighted by molar-refractivity contribution is 5.42. The minimum Gasteiger partial charge on any atom is -0.485 e. The predicted molar refractivity (Wildman–Crippen MR) is 59.1 cm³/mol. The summed E-state index contributed by atoms with van der Waals surface area (Å²) >= 11 is 0. The fourth-order valence-corrected chi connectivity index (χ4v) is 1.43. The van der Waals surface area contributed by atoms with Gasteiger partial charge < -0.3 is 10.1 Å². The van der Waals surface area contributed by atoms with Gasteiger partial charge in [0, 0.05) is 14.1 Å². The Balaban J connectivity index is 2.05. The summed E-state index contributed by atoms with van der Waals surface area (Å²) < 4.78 is 7.29. The zero-order chi connectivity index (χ0) is 11.4. The molecule has 0 aliphatic rings. The van der Waals surface area contributed by atoms with Crippen molar-refractivity contribution < 1.29 is 4.74 Å². The quantitative estimate of drug-likeness (QED) is 0.825. The van der Waals surface area contributed by atoms with Gasteiger partial charge in [0.2, 0.25) is 0 Å². The molecular formula is C10H13N5O. The maximum Gasteiger partial charge on any atom is 0.156 e.